The second-order valence-electron chi connectivity index (χ2n) is 3.67. The summed E-state index contributed by atoms with van der Waals surface area (Å²) < 4.78 is 5.28. The standard InChI is InChI=1S/C11H12N2O4/c14-10(8-3-1-2-4-12-8)9-7-13(11(15)16)5-6-17-9/h1-4,9H,5-7H2,(H,15,16)/t9-/m0/s1. The lowest BCUT2D eigenvalue weighted by molar-refractivity contribution is -0.0113. The number of ketones is 1. The Balaban J connectivity index is 2.07. The molecule has 0 aliphatic carbocycles. The van der Waals surface area contributed by atoms with Crippen LogP contribution in [0.2, 0.25) is 0 Å². The zero-order chi connectivity index (χ0) is 12.3. The van der Waals surface area contributed by atoms with Crippen molar-refractivity contribution in [3.8, 4) is 0 Å². The normalized spacial score (nSPS) is 20.0. The maximum Gasteiger partial charge on any atom is 0.407 e. The fraction of sp³-hybridized carbons (Fsp3) is 0.364. The van der Waals surface area contributed by atoms with Crippen LogP contribution in [0.1, 0.15) is 10.5 Å². The summed E-state index contributed by atoms with van der Waals surface area (Å²) >= 11 is 0. The van der Waals surface area contributed by atoms with Crippen molar-refractivity contribution in [3.05, 3.63) is 30.1 Å². The number of rotatable bonds is 2. The van der Waals surface area contributed by atoms with E-state index < -0.39 is 12.2 Å². The topological polar surface area (TPSA) is 79.7 Å². The van der Waals surface area contributed by atoms with Gasteiger partial charge in [-0.25, -0.2) is 4.79 Å². The van der Waals surface area contributed by atoms with E-state index in [1.807, 2.05) is 0 Å². The Bertz CT molecular complexity index is 421. The minimum Gasteiger partial charge on any atom is -0.465 e. The molecule has 0 unspecified atom stereocenters. The van der Waals surface area contributed by atoms with E-state index in [4.69, 9.17) is 9.84 Å². The van der Waals surface area contributed by atoms with Crippen molar-refractivity contribution >= 4 is 11.9 Å². The van der Waals surface area contributed by atoms with Crippen molar-refractivity contribution < 1.29 is 19.4 Å². The zero-order valence-electron chi connectivity index (χ0n) is 9.07. The van der Waals surface area contributed by atoms with Gasteiger partial charge in [0.1, 0.15) is 11.8 Å². The summed E-state index contributed by atoms with van der Waals surface area (Å²) in [5.74, 6) is -0.281. The molecule has 1 aromatic rings. The Morgan fingerprint density at radius 1 is 1.47 bits per heavy atom. The van der Waals surface area contributed by atoms with Crippen LogP contribution in [0.4, 0.5) is 4.79 Å². The van der Waals surface area contributed by atoms with Crippen LogP contribution >= 0.6 is 0 Å². The van der Waals surface area contributed by atoms with Gasteiger partial charge in [0.15, 0.2) is 0 Å². The van der Waals surface area contributed by atoms with E-state index in [0.29, 0.717) is 12.2 Å². The van der Waals surface area contributed by atoms with Gasteiger partial charge in [-0.3, -0.25) is 9.78 Å². The number of Topliss-reactive ketones (excluding diaryl/α,β-unsaturated/α-hetero) is 1. The third kappa shape index (κ3) is 2.59. The van der Waals surface area contributed by atoms with Crippen molar-refractivity contribution in [1.29, 1.82) is 0 Å². The lowest BCUT2D eigenvalue weighted by Crippen LogP contribution is -2.48. The minimum absolute atomic E-state index is 0.0603. The van der Waals surface area contributed by atoms with Crippen LogP contribution in [0.25, 0.3) is 0 Å². The van der Waals surface area contributed by atoms with Crippen LogP contribution < -0.4 is 0 Å². The molecule has 6 nitrogen and oxygen atoms in total. The Morgan fingerprint density at radius 3 is 2.94 bits per heavy atom. The van der Waals surface area contributed by atoms with E-state index in [0.717, 1.165) is 0 Å². The third-order valence-corrected chi connectivity index (χ3v) is 2.55. The van der Waals surface area contributed by atoms with Crippen LogP contribution in [0, 0.1) is 0 Å². The molecule has 1 aliphatic heterocycles. The molecule has 0 aromatic carbocycles. The SMILES string of the molecule is O=C(c1ccccn1)[C@@H]1CN(C(=O)O)CCO1. The number of aromatic nitrogens is 1. The first-order valence-corrected chi connectivity index (χ1v) is 5.23. The minimum atomic E-state index is -1.04. The highest BCUT2D eigenvalue weighted by Gasteiger charge is 2.30. The number of ether oxygens (including phenoxy) is 1. The molecule has 1 saturated heterocycles. The Hall–Kier alpha value is -1.95. The van der Waals surface area contributed by atoms with Crippen molar-refractivity contribution in [2.24, 2.45) is 0 Å². The molecule has 2 heterocycles. The van der Waals surface area contributed by atoms with Crippen LogP contribution in [0.5, 0.6) is 0 Å². The monoisotopic (exact) mass is 236 g/mol. The maximum atomic E-state index is 12.0. The number of carbonyl (C=O) groups excluding carboxylic acids is 1. The number of morpholine rings is 1. The van der Waals surface area contributed by atoms with Gasteiger partial charge in [-0.1, -0.05) is 6.07 Å². The van der Waals surface area contributed by atoms with Crippen LogP contribution in [0.15, 0.2) is 24.4 Å². The number of carbonyl (C=O) groups is 2. The van der Waals surface area contributed by atoms with E-state index in [1.54, 1.807) is 18.2 Å². The number of amides is 1. The zero-order valence-corrected chi connectivity index (χ0v) is 9.07. The van der Waals surface area contributed by atoms with E-state index in [1.165, 1.54) is 11.1 Å². The molecule has 6 heteroatoms. The smallest absolute Gasteiger partial charge is 0.407 e. The fourth-order valence-electron chi connectivity index (χ4n) is 1.66. The molecular formula is C11H12N2O4. The third-order valence-electron chi connectivity index (χ3n) is 2.55. The highest BCUT2D eigenvalue weighted by atomic mass is 16.5. The molecule has 1 amide bonds. The fourth-order valence-corrected chi connectivity index (χ4v) is 1.66. The Kier molecular flexibility index (Phi) is 3.34. The molecule has 1 fully saturated rings. The summed E-state index contributed by atoms with van der Waals surface area (Å²) in [4.78, 5) is 27.9. The molecule has 0 bridgehead atoms. The van der Waals surface area contributed by atoms with Gasteiger partial charge >= 0.3 is 6.09 Å². The summed E-state index contributed by atoms with van der Waals surface area (Å²) in [6.07, 6.45) is -0.271. The number of hydrogen-bond acceptors (Lipinski definition) is 4. The van der Waals surface area contributed by atoms with E-state index in [9.17, 15) is 9.59 Å². The van der Waals surface area contributed by atoms with Gasteiger partial charge in [0.25, 0.3) is 0 Å². The highest BCUT2D eigenvalue weighted by Crippen LogP contribution is 2.10. The van der Waals surface area contributed by atoms with Gasteiger partial charge in [-0.2, -0.15) is 0 Å². The molecule has 1 aliphatic rings. The summed E-state index contributed by atoms with van der Waals surface area (Å²) in [6, 6.07) is 5.01. The molecule has 1 N–H and O–H groups in total. The molecular weight excluding hydrogens is 224 g/mol. The molecule has 90 valence electrons. The van der Waals surface area contributed by atoms with Crippen LogP contribution in [-0.2, 0) is 4.74 Å². The van der Waals surface area contributed by atoms with Crippen molar-refractivity contribution in [1.82, 2.24) is 9.88 Å². The Labute approximate surface area is 97.8 Å². The van der Waals surface area contributed by atoms with Crippen LogP contribution in [0.3, 0.4) is 0 Å². The van der Waals surface area contributed by atoms with Crippen LogP contribution in [-0.4, -0.2) is 52.7 Å². The number of hydrogen-bond donors (Lipinski definition) is 1. The predicted octanol–water partition coefficient (Wildman–Crippen LogP) is 0.643. The molecule has 0 spiro atoms. The summed E-state index contributed by atoms with van der Waals surface area (Å²) in [5, 5.41) is 8.85. The summed E-state index contributed by atoms with van der Waals surface area (Å²) in [6.45, 7) is 0.585. The average Bonchev–Trinajstić information content (AvgIpc) is 2.39. The molecule has 17 heavy (non-hydrogen) atoms. The second-order valence-corrected chi connectivity index (χ2v) is 3.67. The summed E-state index contributed by atoms with van der Waals surface area (Å²) in [5.41, 5.74) is 0.296. The molecule has 1 aromatic heterocycles. The lowest BCUT2D eigenvalue weighted by Gasteiger charge is -2.29. The second kappa shape index (κ2) is 4.92. The van der Waals surface area contributed by atoms with Gasteiger partial charge in [0, 0.05) is 12.7 Å². The molecule has 1 atom stereocenters. The Morgan fingerprint density at radius 2 is 2.29 bits per heavy atom. The average molecular weight is 236 g/mol. The van der Waals surface area contributed by atoms with Gasteiger partial charge < -0.3 is 14.7 Å². The van der Waals surface area contributed by atoms with E-state index in [2.05, 4.69) is 4.98 Å². The van der Waals surface area contributed by atoms with Gasteiger partial charge in [-0.15, -0.1) is 0 Å². The van der Waals surface area contributed by atoms with Gasteiger partial charge in [0.05, 0.1) is 13.2 Å². The van der Waals surface area contributed by atoms with Crippen molar-refractivity contribution in [2.75, 3.05) is 19.7 Å². The first-order valence-electron chi connectivity index (χ1n) is 5.23. The van der Waals surface area contributed by atoms with E-state index in [-0.39, 0.29) is 18.9 Å². The largest absolute Gasteiger partial charge is 0.465 e. The van der Waals surface area contributed by atoms with E-state index >= 15 is 0 Å². The quantitative estimate of drug-likeness (QED) is 0.762. The maximum absolute atomic E-state index is 12.0. The van der Waals surface area contributed by atoms with Crippen molar-refractivity contribution in [3.63, 3.8) is 0 Å². The number of nitrogens with zero attached hydrogens (tertiary/aromatic N) is 2. The van der Waals surface area contributed by atoms with Gasteiger partial charge in [0.2, 0.25) is 5.78 Å². The lowest BCUT2D eigenvalue weighted by atomic mass is 10.1. The highest BCUT2D eigenvalue weighted by molar-refractivity contribution is 5.98. The van der Waals surface area contributed by atoms with Gasteiger partial charge in [-0.05, 0) is 12.1 Å². The first-order chi connectivity index (χ1) is 8.18. The first kappa shape index (κ1) is 11.5. The number of pyridine rings is 1. The molecule has 0 saturated carbocycles. The summed E-state index contributed by atoms with van der Waals surface area (Å²) in [7, 11) is 0. The molecule has 2 rings (SSSR count). The molecule has 0 radical (unpaired) electrons. The number of carboxylic acid groups (broad SMARTS) is 1. The van der Waals surface area contributed by atoms with Crippen molar-refractivity contribution in [2.45, 2.75) is 6.10 Å². The predicted molar refractivity (Wildman–Crippen MR) is 57.9 cm³/mol.